The number of allylic oxidation sites excluding steroid dienone is 2. The molecule has 0 aliphatic heterocycles. The van der Waals surface area contributed by atoms with Crippen molar-refractivity contribution in [1.82, 2.24) is 0 Å². The van der Waals surface area contributed by atoms with Gasteiger partial charge in [-0.3, -0.25) is 0 Å². The van der Waals surface area contributed by atoms with Crippen molar-refractivity contribution >= 4 is 16.9 Å². The summed E-state index contributed by atoms with van der Waals surface area (Å²) in [5.41, 5.74) is 0.645. The smallest absolute Gasteiger partial charge is 0.344 e. The third-order valence-electron chi connectivity index (χ3n) is 8.49. The lowest BCUT2D eigenvalue weighted by Gasteiger charge is -2.59. The third kappa shape index (κ3) is 5.06. The summed E-state index contributed by atoms with van der Waals surface area (Å²) in [7, 11) is -0.319. The van der Waals surface area contributed by atoms with E-state index in [1.807, 2.05) is 25.1 Å². The molecule has 4 aliphatic carbocycles. The average Bonchev–Trinajstić information content (AvgIpc) is 2.87. The molecule has 4 bridgehead atoms. The molecule has 6 rings (SSSR count). The highest BCUT2D eigenvalue weighted by molar-refractivity contribution is 8.00. The molecule has 4 fully saturated rings. The normalized spacial score (nSPS) is 28.7. The number of benzene rings is 2. The Hall–Kier alpha value is -2.72. The molecule has 4 heteroatoms. The Morgan fingerprint density at radius 1 is 0.917 bits per heavy atom. The molecule has 0 unspecified atom stereocenters. The molecule has 0 spiro atoms. The second-order valence-corrected chi connectivity index (χ2v) is 12.9. The summed E-state index contributed by atoms with van der Waals surface area (Å²) in [6.07, 6.45) is 8.09. The predicted molar refractivity (Wildman–Crippen MR) is 146 cm³/mol. The molecule has 0 aromatic heterocycles. The van der Waals surface area contributed by atoms with Crippen molar-refractivity contribution < 1.29 is 14.3 Å². The highest BCUT2D eigenvalue weighted by Gasteiger charge is 2.57. The fraction of sp³-hybridized carbons (Fsp3) is 0.406. The molecule has 2 aromatic carbocycles. The lowest BCUT2D eigenvalue weighted by Crippen LogP contribution is -2.58. The Morgan fingerprint density at radius 3 is 1.92 bits per heavy atom. The van der Waals surface area contributed by atoms with Crippen LogP contribution >= 0.6 is 0 Å². The first-order valence-electron chi connectivity index (χ1n) is 13.1. The molecule has 4 aliphatic rings. The molecule has 3 nitrogen and oxygen atoms in total. The zero-order valence-electron chi connectivity index (χ0n) is 21.5. The van der Waals surface area contributed by atoms with Crippen LogP contribution in [0.5, 0.6) is 0 Å². The van der Waals surface area contributed by atoms with Gasteiger partial charge in [0.25, 0.3) is 0 Å². The first kappa shape index (κ1) is 25.0. The van der Waals surface area contributed by atoms with Gasteiger partial charge in [0.2, 0.25) is 0 Å². The second-order valence-electron chi connectivity index (χ2n) is 10.9. The Kier molecular flexibility index (Phi) is 7.16. The van der Waals surface area contributed by atoms with E-state index >= 15 is 0 Å². The maximum atomic E-state index is 12.8. The first-order valence-corrected chi connectivity index (χ1v) is 14.3. The number of esters is 1. The van der Waals surface area contributed by atoms with Crippen LogP contribution in [0.3, 0.4) is 0 Å². The van der Waals surface area contributed by atoms with Crippen molar-refractivity contribution in [2.75, 3.05) is 6.61 Å². The Morgan fingerprint density at radius 2 is 1.42 bits per heavy atom. The van der Waals surface area contributed by atoms with Crippen molar-refractivity contribution in [1.29, 1.82) is 0 Å². The lowest BCUT2D eigenvalue weighted by atomic mass is 9.50. The summed E-state index contributed by atoms with van der Waals surface area (Å²) in [6, 6.07) is 20.8. The van der Waals surface area contributed by atoms with E-state index in [-0.39, 0.29) is 29.1 Å². The number of hydrogen-bond acceptors (Lipinski definition) is 3. The van der Waals surface area contributed by atoms with E-state index < -0.39 is 0 Å². The zero-order valence-corrected chi connectivity index (χ0v) is 22.3. The van der Waals surface area contributed by atoms with Crippen LogP contribution in [-0.4, -0.2) is 18.2 Å². The molecule has 188 valence electrons. The molecule has 0 saturated heterocycles. The van der Waals surface area contributed by atoms with E-state index in [2.05, 4.69) is 68.6 Å². The summed E-state index contributed by atoms with van der Waals surface area (Å²) in [6.45, 7) is 12.6. The van der Waals surface area contributed by atoms with Gasteiger partial charge in [-0.25, -0.2) is 4.79 Å². The quantitative estimate of drug-likeness (QED) is 0.155. The maximum Gasteiger partial charge on any atom is 0.344 e. The minimum atomic E-state index is -0.338. The van der Waals surface area contributed by atoms with Crippen molar-refractivity contribution in [3.63, 3.8) is 0 Å². The van der Waals surface area contributed by atoms with Gasteiger partial charge in [0, 0.05) is 5.57 Å². The van der Waals surface area contributed by atoms with Crippen molar-refractivity contribution in [3.05, 3.63) is 96.1 Å². The van der Waals surface area contributed by atoms with E-state index in [1.165, 1.54) is 41.9 Å². The first-order chi connectivity index (χ1) is 17.3. The van der Waals surface area contributed by atoms with E-state index in [0.717, 1.165) is 22.3 Å². The molecular weight excluding hydrogens is 464 g/mol. The molecule has 0 N–H and O–H groups in total. The van der Waals surface area contributed by atoms with Gasteiger partial charge in [0.15, 0.2) is 21.3 Å². The largest absolute Gasteiger partial charge is 0.483 e. The highest BCUT2D eigenvalue weighted by atomic mass is 32.2. The second kappa shape index (κ2) is 10.3. The summed E-state index contributed by atoms with van der Waals surface area (Å²) in [5.74, 6) is 2.84. The van der Waals surface area contributed by atoms with Gasteiger partial charge in [-0.15, -0.1) is 0 Å². The minimum absolute atomic E-state index is 0.111. The minimum Gasteiger partial charge on any atom is -0.483 e. The fourth-order valence-corrected chi connectivity index (χ4v) is 8.85. The topological polar surface area (TPSA) is 35.5 Å². The summed E-state index contributed by atoms with van der Waals surface area (Å²) < 4.78 is 11.9. The van der Waals surface area contributed by atoms with Gasteiger partial charge in [-0.1, -0.05) is 43.0 Å². The SMILES string of the molecule is C=C(/C=C(/C)C(=C)[S+](c1ccccc1)c1ccccc1)OCC(=O)OC1(C)C2CC3CC(C2)CC1C3. The monoisotopic (exact) mass is 501 g/mol. The number of carbonyl (C=O) groups excluding carboxylic acids is 1. The molecule has 36 heavy (non-hydrogen) atoms. The van der Waals surface area contributed by atoms with Gasteiger partial charge in [0.1, 0.15) is 11.4 Å². The van der Waals surface area contributed by atoms with E-state index in [0.29, 0.717) is 17.6 Å². The van der Waals surface area contributed by atoms with Gasteiger partial charge >= 0.3 is 5.97 Å². The van der Waals surface area contributed by atoms with Crippen LogP contribution in [0.25, 0.3) is 0 Å². The number of carbonyl (C=O) groups is 1. The van der Waals surface area contributed by atoms with Crippen LogP contribution in [0.2, 0.25) is 0 Å². The molecule has 4 saturated carbocycles. The Balaban J connectivity index is 1.21. The molecule has 0 amide bonds. The molecular formula is C32H37O3S+. The van der Waals surface area contributed by atoms with Gasteiger partial charge in [-0.2, -0.15) is 0 Å². The average molecular weight is 502 g/mol. The number of ether oxygens (including phenoxy) is 2. The van der Waals surface area contributed by atoms with E-state index in [4.69, 9.17) is 9.47 Å². The zero-order chi connectivity index (χ0) is 25.3. The molecule has 0 heterocycles. The van der Waals surface area contributed by atoms with Crippen molar-refractivity contribution in [3.8, 4) is 0 Å². The van der Waals surface area contributed by atoms with Gasteiger partial charge in [-0.05, 0) is 107 Å². The van der Waals surface area contributed by atoms with Crippen LogP contribution in [0.15, 0.2) is 106 Å². The predicted octanol–water partition coefficient (Wildman–Crippen LogP) is 7.47. The Labute approximate surface area is 218 Å². The summed E-state index contributed by atoms with van der Waals surface area (Å²) >= 11 is 0. The fourth-order valence-electron chi connectivity index (χ4n) is 6.77. The van der Waals surface area contributed by atoms with Crippen LogP contribution in [-0.2, 0) is 25.2 Å². The van der Waals surface area contributed by atoms with Gasteiger partial charge < -0.3 is 9.47 Å². The number of hydrogen-bond donors (Lipinski definition) is 0. The van der Waals surface area contributed by atoms with Crippen LogP contribution in [0.1, 0.15) is 46.0 Å². The maximum absolute atomic E-state index is 12.8. The third-order valence-corrected chi connectivity index (χ3v) is 10.8. The molecule has 2 aromatic rings. The van der Waals surface area contributed by atoms with Crippen LogP contribution in [0.4, 0.5) is 0 Å². The van der Waals surface area contributed by atoms with E-state index in [9.17, 15) is 4.79 Å². The number of rotatable bonds is 9. The molecule has 0 radical (unpaired) electrons. The molecule has 0 atom stereocenters. The summed E-state index contributed by atoms with van der Waals surface area (Å²) in [5, 5.41) is 0. The van der Waals surface area contributed by atoms with Crippen molar-refractivity contribution in [2.45, 2.75) is 61.3 Å². The van der Waals surface area contributed by atoms with Crippen LogP contribution < -0.4 is 0 Å². The lowest BCUT2D eigenvalue weighted by molar-refractivity contribution is -0.205. The van der Waals surface area contributed by atoms with Gasteiger partial charge in [0.05, 0.1) is 10.9 Å². The van der Waals surface area contributed by atoms with E-state index in [1.54, 1.807) is 0 Å². The highest BCUT2D eigenvalue weighted by Crippen LogP contribution is 2.59. The summed E-state index contributed by atoms with van der Waals surface area (Å²) in [4.78, 5) is 16.2. The standard InChI is InChI=1S/C32H37O3S/c1-22(24(3)36(29-11-7-5-8-12-29)30-13-9-6-10-14-30)15-23(2)34-21-31(33)35-32(4)27-17-25-16-26(19-27)20-28(32)18-25/h5-15,25-28H,2-3,16-21H2,1,4H3/q+1/b22-15-. The van der Waals surface area contributed by atoms with Crippen LogP contribution in [0, 0.1) is 23.7 Å². The Bertz CT molecular complexity index is 1080. The van der Waals surface area contributed by atoms with Crippen molar-refractivity contribution in [2.24, 2.45) is 23.7 Å².